The standard InChI is InChI=1S/C29H36ClN3O4/c1-3-5-6-7-8-9-13-26-31-27(37-32-26)24-16-14-23(15-17-24)21-33(28(34)29(35)36-4-2)19-18-22-11-10-12-25(30)20-22/h10-12,14-17,20H,3-9,13,18-19,21H2,1-2H3. The second-order valence-electron chi connectivity index (χ2n) is 9.06. The van der Waals surface area contributed by atoms with Gasteiger partial charge in [0.25, 0.3) is 5.89 Å². The minimum Gasteiger partial charge on any atom is -0.459 e. The molecule has 7 nitrogen and oxygen atoms in total. The van der Waals surface area contributed by atoms with E-state index in [1.165, 1.54) is 37.0 Å². The molecule has 0 fully saturated rings. The van der Waals surface area contributed by atoms with Crippen LogP contribution in [0.3, 0.4) is 0 Å². The molecule has 0 saturated carbocycles. The minimum absolute atomic E-state index is 0.145. The van der Waals surface area contributed by atoms with Crippen molar-refractivity contribution >= 4 is 23.5 Å². The van der Waals surface area contributed by atoms with Gasteiger partial charge in [0, 0.05) is 30.1 Å². The van der Waals surface area contributed by atoms with Crippen LogP contribution in [0.1, 0.15) is 69.3 Å². The molecular formula is C29H36ClN3O4. The lowest BCUT2D eigenvalue weighted by Gasteiger charge is -2.22. The first kappa shape index (κ1) is 28.4. The molecule has 0 unspecified atom stereocenters. The van der Waals surface area contributed by atoms with E-state index in [9.17, 15) is 9.59 Å². The van der Waals surface area contributed by atoms with Gasteiger partial charge in [-0.1, -0.05) is 80.1 Å². The van der Waals surface area contributed by atoms with Crippen LogP contribution in [0, 0.1) is 0 Å². The number of unbranched alkanes of at least 4 members (excludes halogenated alkanes) is 5. The number of halogens is 1. The molecule has 0 atom stereocenters. The molecule has 0 radical (unpaired) electrons. The topological polar surface area (TPSA) is 85.5 Å². The molecular weight excluding hydrogens is 490 g/mol. The van der Waals surface area contributed by atoms with Crippen LogP contribution in [0.2, 0.25) is 5.02 Å². The number of ether oxygens (including phenoxy) is 1. The zero-order valence-electron chi connectivity index (χ0n) is 21.7. The first-order valence-electron chi connectivity index (χ1n) is 13.1. The number of aromatic nitrogens is 2. The Kier molecular flexibility index (Phi) is 11.6. The van der Waals surface area contributed by atoms with Crippen LogP contribution in [-0.2, 0) is 33.7 Å². The Morgan fingerprint density at radius 2 is 1.70 bits per heavy atom. The molecule has 198 valence electrons. The third-order valence-electron chi connectivity index (χ3n) is 6.09. The van der Waals surface area contributed by atoms with Crippen LogP contribution in [-0.4, -0.2) is 40.1 Å². The van der Waals surface area contributed by atoms with E-state index in [0.717, 1.165) is 35.4 Å². The van der Waals surface area contributed by atoms with E-state index < -0.39 is 11.9 Å². The zero-order valence-corrected chi connectivity index (χ0v) is 22.5. The second kappa shape index (κ2) is 15.2. The van der Waals surface area contributed by atoms with Crippen LogP contribution < -0.4 is 0 Å². The van der Waals surface area contributed by atoms with E-state index in [4.69, 9.17) is 20.9 Å². The highest BCUT2D eigenvalue weighted by molar-refractivity contribution is 6.32. The van der Waals surface area contributed by atoms with Crippen molar-refractivity contribution in [2.75, 3.05) is 13.2 Å². The third kappa shape index (κ3) is 9.32. The van der Waals surface area contributed by atoms with Crippen molar-refractivity contribution in [1.82, 2.24) is 15.0 Å². The predicted octanol–water partition coefficient (Wildman–Crippen LogP) is 6.43. The van der Waals surface area contributed by atoms with E-state index in [2.05, 4.69) is 17.1 Å². The molecule has 2 aromatic carbocycles. The first-order valence-corrected chi connectivity index (χ1v) is 13.5. The number of benzene rings is 2. The average molecular weight is 526 g/mol. The summed E-state index contributed by atoms with van der Waals surface area (Å²) in [4.78, 5) is 31.0. The summed E-state index contributed by atoms with van der Waals surface area (Å²) in [6, 6.07) is 15.0. The second-order valence-corrected chi connectivity index (χ2v) is 9.49. The number of hydrogen-bond donors (Lipinski definition) is 0. The lowest BCUT2D eigenvalue weighted by Crippen LogP contribution is -2.38. The maximum atomic E-state index is 12.8. The molecule has 0 N–H and O–H groups in total. The molecule has 3 aromatic rings. The highest BCUT2D eigenvalue weighted by Crippen LogP contribution is 2.20. The summed E-state index contributed by atoms with van der Waals surface area (Å²) >= 11 is 6.09. The van der Waals surface area contributed by atoms with Gasteiger partial charge < -0.3 is 14.2 Å². The molecule has 0 aliphatic carbocycles. The summed E-state index contributed by atoms with van der Waals surface area (Å²) in [6.07, 6.45) is 8.67. The van der Waals surface area contributed by atoms with Crippen LogP contribution >= 0.6 is 11.6 Å². The summed E-state index contributed by atoms with van der Waals surface area (Å²) in [5.74, 6) is -0.312. The first-order chi connectivity index (χ1) is 18.0. The molecule has 0 aliphatic heterocycles. The van der Waals surface area contributed by atoms with Crippen molar-refractivity contribution in [3.63, 3.8) is 0 Å². The smallest absolute Gasteiger partial charge is 0.397 e. The number of amides is 1. The van der Waals surface area contributed by atoms with Gasteiger partial charge in [-0.3, -0.25) is 4.79 Å². The van der Waals surface area contributed by atoms with Crippen LogP contribution in [0.25, 0.3) is 11.5 Å². The van der Waals surface area contributed by atoms with E-state index in [-0.39, 0.29) is 13.2 Å². The van der Waals surface area contributed by atoms with E-state index in [0.29, 0.717) is 23.9 Å². The lowest BCUT2D eigenvalue weighted by atomic mass is 10.1. The Morgan fingerprint density at radius 3 is 2.43 bits per heavy atom. The Hall–Kier alpha value is -3.19. The largest absolute Gasteiger partial charge is 0.459 e. The fourth-order valence-electron chi connectivity index (χ4n) is 4.04. The Bertz CT molecular complexity index is 1130. The quantitative estimate of drug-likeness (QED) is 0.137. The summed E-state index contributed by atoms with van der Waals surface area (Å²) in [7, 11) is 0. The number of carbonyl (C=O) groups is 2. The van der Waals surface area contributed by atoms with Gasteiger partial charge in [0.15, 0.2) is 5.82 Å². The maximum Gasteiger partial charge on any atom is 0.397 e. The summed E-state index contributed by atoms with van der Waals surface area (Å²) in [5, 5.41) is 4.75. The lowest BCUT2D eigenvalue weighted by molar-refractivity contribution is -0.160. The van der Waals surface area contributed by atoms with Gasteiger partial charge >= 0.3 is 11.9 Å². The molecule has 0 spiro atoms. The van der Waals surface area contributed by atoms with Gasteiger partial charge in [0.1, 0.15) is 0 Å². The summed E-state index contributed by atoms with van der Waals surface area (Å²) in [6.45, 7) is 4.66. The molecule has 1 aromatic heterocycles. The van der Waals surface area contributed by atoms with Gasteiger partial charge in [-0.25, -0.2) is 4.79 Å². The number of aryl methyl sites for hydroxylation is 1. The van der Waals surface area contributed by atoms with Crippen LogP contribution in [0.4, 0.5) is 0 Å². The van der Waals surface area contributed by atoms with E-state index in [1.54, 1.807) is 13.0 Å². The van der Waals surface area contributed by atoms with Crippen molar-refractivity contribution in [2.45, 2.75) is 71.8 Å². The fourth-order valence-corrected chi connectivity index (χ4v) is 4.25. The molecule has 0 bridgehead atoms. The fraction of sp³-hybridized carbons (Fsp3) is 0.448. The van der Waals surface area contributed by atoms with Gasteiger partial charge in [0.05, 0.1) is 6.61 Å². The summed E-state index contributed by atoms with van der Waals surface area (Å²) < 4.78 is 10.4. The third-order valence-corrected chi connectivity index (χ3v) is 6.33. The Labute approximate surface area is 224 Å². The Morgan fingerprint density at radius 1 is 0.946 bits per heavy atom. The normalized spacial score (nSPS) is 10.9. The van der Waals surface area contributed by atoms with Crippen molar-refractivity contribution in [3.8, 4) is 11.5 Å². The molecule has 37 heavy (non-hydrogen) atoms. The maximum absolute atomic E-state index is 12.8. The van der Waals surface area contributed by atoms with Gasteiger partial charge in [-0.15, -0.1) is 0 Å². The van der Waals surface area contributed by atoms with Crippen molar-refractivity contribution in [1.29, 1.82) is 0 Å². The van der Waals surface area contributed by atoms with Gasteiger partial charge in [-0.2, -0.15) is 4.98 Å². The molecule has 1 heterocycles. The zero-order chi connectivity index (χ0) is 26.5. The van der Waals surface area contributed by atoms with Gasteiger partial charge in [-0.05, 0) is 55.2 Å². The van der Waals surface area contributed by atoms with E-state index >= 15 is 0 Å². The highest BCUT2D eigenvalue weighted by atomic mass is 35.5. The minimum atomic E-state index is -0.853. The van der Waals surface area contributed by atoms with Crippen molar-refractivity contribution in [3.05, 3.63) is 70.5 Å². The number of rotatable bonds is 14. The molecule has 8 heteroatoms. The Balaban J connectivity index is 1.60. The number of hydrogen-bond acceptors (Lipinski definition) is 6. The van der Waals surface area contributed by atoms with Gasteiger partial charge in [0.2, 0.25) is 0 Å². The molecule has 1 amide bonds. The number of nitrogens with zero attached hydrogens (tertiary/aromatic N) is 3. The predicted molar refractivity (Wildman–Crippen MR) is 144 cm³/mol. The summed E-state index contributed by atoms with van der Waals surface area (Å²) in [5.41, 5.74) is 2.67. The van der Waals surface area contributed by atoms with E-state index in [1.807, 2.05) is 42.5 Å². The highest BCUT2D eigenvalue weighted by Gasteiger charge is 2.23. The number of esters is 1. The average Bonchev–Trinajstić information content (AvgIpc) is 3.37. The van der Waals surface area contributed by atoms with Crippen molar-refractivity contribution < 1.29 is 18.8 Å². The van der Waals surface area contributed by atoms with Crippen molar-refractivity contribution in [2.24, 2.45) is 0 Å². The monoisotopic (exact) mass is 525 g/mol. The molecule has 0 saturated heterocycles. The SMILES string of the molecule is CCCCCCCCc1noc(-c2ccc(CN(CCc3cccc(Cl)c3)C(=O)C(=O)OCC)cc2)n1. The van der Waals surface area contributed by atoms with Crippen LogP contribution in [0.5, 0.6) is 0 Å². The molecule has 3 rings (SSSR count). The molecule has 0 aliphatic rings. The van der Waals surface area contributed by atoms with Crippen LogP contribution in [0.15, 0.2) is 53.1 Å². The number of carbonyl (C=O) groups excluding carboxylic acids is 2.